The van der Waals surface area contributed by atoms with Gasteiger partial charge in [-0.05, 0) is 42.2 Å². The summed E-state index contributed by atoms with van der Waals surface area (Å²) in [6.45, 7) is 10.7. The SMILES string of the molecule is CC(C)c1ccc(CN2CCN(C(C)C(=O)Nc3cccc(S(=O)(=O)N(C)C)c3)CC2)cc1. The molecule has 3 rings (SSSR count). The van der Waals surface area contributed by atoms with Crippen molar-refractivity contribution < 1.29 is 13.2 Å². The van der Waals surface area contributed by atoms with Gasteiger partial charge in [-0.2, -0.15) is 0 Å². The third kappa shape index (κ3) is 6.41. The zero-order chi connectivity index (χ0) is 24.2. The molecule has 1 amide bonds. The maximum atomic E-state index is 12.8. The van der Waals surface area contributed by atoms with Crippen LogP contribution in [0.25, 0.3) is 0 Å². The van der Waals surface area contributed by atoms with Gasteiger partial charge in [-0.3, -0.25) is 14.6 Å². The van der Waals surface area contributed by atoms with Gasteiger partial charge in [0.05, 0.1) is 10.9 Å². The van der Waals surface area contributed by atoms with Crippen molar-refractivity contribution in [3.8, 4) is 0 Å². The lowest BCUT2D eigenvalue weighted by molar-refractivity contribution is -0.121. The second kappa shape index (κ2) is 10.8. The van der Waals surface area contributed by atoms with E-state index in [0.29, 0.717) is 11.6 Å². The van der Waals surface area contributed by atoms with Crippen LogP contribution in [-0.4, -0.2) is 74.7 Å². The molecule has 1 atom stereocenters. The summed E-state index contributed by atoms with van der Waals surface area (Å²) in [5, 5.41) is 2.88. The largest absolute Gasteiger partial charge is 0.325 e. The van der Waals surface area contributed by atoms with Crippen molar-refractivity contribution in [2.75, 3.05) is 45.6 Å². The molecule has 180 valence electrons. The molecule has 0 spiro atoms. The van der Waals surface area contributed by atoms with Crippen molar-refractivity contribution in [2.45, 2.75) is 44.2 Å². The number of carbonyl (C=O) groups excluding carboxylic acids is 1. The highest BCUT2D eigenvalue weighted by Crippen LogP contribution is 2.19. The van der Waals surface area contributed by atoms with Crippen LogP contribution in [0.5, 0.6) is 0 Å². The minimum absolute atomic E-state index is 0.132. The van der Waals surface area contributed by atoms with Crippen LogP contribution in [0.1, 0.15) is 37.8 Å². The van der Waals surface area contributed by atoms with Crippen LogP contribution < -0.4 is 5.32 Å². The van der Waals surface area contributed by atoms with Gasteiger partial charge in [-0.1, -0.05) is 44.2 Å². The summed E-state index contributed by atoms with van der Waals surface area (Å²) in [4.78, 5) is 17.6. The molecule has 0 saturated carbocycles. The molecular formula is C25H36N4O3S. The number of hydrogen-bond donors (Lipinski definition) is 1. The van der Waals surface area contributed by atoms with Crippen LogP contribution in [0.4, 0.5) is 5.69 Å². The predicted octanol–water partition coefficient (Wildman–Crippen LogP) is 3.21. The maximum Gasteiger partial charge on any atom is 0.242 e. The average molecular weight is 473 g/mol. The molecular weight excluding hydrogens is 436 g/mol. The first-order valence-corrected chi connectivity index (χ1v) is 12.9. The van der Waals surface area contributed by atoms with Crippen molar-refractivity contribution in [2.24, 2.45) is 0 Å². The van der Waals surface area contributed by atoms with Gasteiger partial charge >= 0.3 is 0 Å². The van der Waals surface area contributed by atoms with E-state index in [9.17, 15) is 13.2 Å². The van der Waals surface area contributed by atoms with Crippen LogP contribution in [-0.2, 0) is 21.4 Å². The molecule has 1 saturated heterocycles. The molecule has 1 N–H and O–H groups in total. The average Bonchev–Trinajstić information content (AvgIpc) is 2.79. The molecule has 1 aliphatic heterocycles. The Labute approximate surface area is 198 Å². The van der Waals surface area contributed by atoms with Crippen molar-refractivity contribution in [3.63, 3.8) is 0 Å². The number of amides is 1. The summed E-state index contributed by atoms with van der Waals surface area (Å²) in [5.74, 6) is 0.405. The third-order valence-corrected chi connectivity index (χ3v) is 8.08. The first-order chi connectivity index (χ1) is 15.6. The fourth-order valence-corrected chi connectivity index (χ4v) is 4.88. The van der Waals surface area contributed by atoms with Crippen molar-refractivity contribution >= 4 is 21.6 Å². The van der Waals surface area contributed by atoms with Gasteiger partial charge in [0, 0.05) is 52.5 Å². The van der Waals surface area contributed by atoms with Gasteiger partial charge in [-0.15, -0.1) is 0 Å². The Morgan fingerprint density at radius 2 is 1.64 bits per heavy atom. The summed E-state index contributed by atoms with van der Waals surface area (Å²) in [7, 11) is -0.570. The van der Waals surface area contributed by atoms with E-state index in [2.05, 4.69) is 53.2 Å². The highest BCUT2D eigenvalue weighted by Gasteiger charge is 2.26. The first-order valence-electron chi connectivity index (χ1n) is 11.5. The monoisotopic (exact) mass is 472 g/mol. The number of nitrogens with one attached hydrogen (secondary N) is 1. The topological polar surface area (TPSA) is 73.0 Å². The Morgan fingerprint density at radius 1 is 1.00 bits per heavy atom. The van der Waals surface area contributed by atoms with Crippen LogP contribution in [0, 0.1) is 0 Å². The quantitative estimate of drug-likeness (QED) is 0.639. The lowest BCUT2D eigenvalue weighted by Gasteiger charge is -2.37. The zero-order valence-corrected chi connectivity index (χ0v) is 21.1. The molecule has 0 aromatic heterocycles. The van der Waals surface area contributed by atoms with E-state index < -0.39 is 10.0 Å². The molecule has 1 fully saturated rings. The molecule has 1 unspecified atom stereocenters. The number of piperazine rings is 1. The summed E-state index contributed by atoms with van der Waals surface area (Å²) in [5.41, 5.74) is 3.15. The van der Waals surface area contributed by atoms with Crippen LogP contribution >= 0.6 is 0 Å². The number of carbonyl (C=O) groups is 1. The van der Waals surface area contributed by atoms with Gasteiger partial charge < -0.3 is 5.32 Å². The predicted molar refractivity (Wildman–Crippen MR) is 133 cm³/mol. The van der Waals surface area contributed by atoms with Crippen LogP contribution in [0.15, 0.2) is 53.4 Å². The van der Waals surface area contributed by atoms with E-state index in [1.807, 2.05) is 6.92 Å². The second-order valence-electron chi connectivity index (χ2n) is 9.19. The van der Waals surface area contributed by atoms with Gasteiger partial charge in [0.1, 0.15) is 0 Å². The minimum Gasteiger partial charge on any atom is -0.325 e. The molecule has 2 aromatic rings. The lowest BCUT2D eigenvalue weighted by atomic mass is 10.0. The number of sulfonamides is 1. The fourth-order valence-electron chi connectivity index (χ4n) is 3.93. The highest BCUT2D eigenvalue weighted by molar-refractivity contribution is 7.89. The molecule has 0 bridgehead atoms. The number of benzene rings is 2. The second-order valence-corrected chi connectivity index (χ2v) is 11.3. The molecule has 0 aliphatic carbocycles. The van der Waals surface area contributed by atoms with E-state index in [0.717, 1.165) is 37.0 Å². The Morgan fingerprint density at radius 3 is 2.21 bits per heavy atom. The van der Waals surface area contributed by atoms with E-state index in [4.69, 9.17) is 0 Å². The van der Waals surface area contributed by atoms with Gasteiger partial charge in [-0.25, -0.2) is 12.7 Å². The van der Waals surface area contributed by atoms with E-state index in [1.165, 1.54) is 37.4 Å². The first kappa shape index (κ1) is 25.4. The summed E-state index contributed by atoms with van der Waals surface area (Å²) in [6.07, 6.45) is 0. The Kier molecular flexibility index (Phi) is 8.28. The summed E-state index contributed by atoms with van der Waals surface area (Å²) < 4.78 is 25.9. The van der Waals surface area contributed by atoms with Crippen molar-refractivity contribution in [1.29, 1.82) is 0 Å². The maximum absolute atomic E-state index is 12.8. The van der Waals surface area contributed by atoms with Crippen molar-refractivity contribution in [3.05, 3.63) is 59.7 Å². The van der Waals surface area contributed by atoms with E-state index >= 15 is 0 Å². The standard InChI is InChI=1S/C25H36N4O3S/c1-19(2)22-11-9-21(10-12-22)18-28-13-15-29(16-14-28)20(3)25(30)26-23-7-6-8-24(17-23)33(31,32)27(4)5/h6-12,17,19-20H,13-16,18H2,1-5H3,(H,26,30). The Balaban J connectivity index is 1.53. The molecule has 1 heterocycles. The number of anilines is 1. The molecule has 2 aromatic carbocycles. The Hall–Kier alpha value is -2.26. The minimum atomic E-state index is -3.55. The van der Waals surface area contributed by atoms with Gasteiger partial charge in [0.15, 0.2) is 0 Å². The van der Waals surface area contributed by atoms with Crippen molar-refractivity contribution in [1.82, 2.24) is 14.1 Å². The molecule has 1 aliphatic rings. The number of rotatable bonds is 8. The molecule has 33 heavy (non-hydrogen) atoms. The summed E-state index contributed by atoms with van der Waals surface area (Å²) in [6, 6.07) is 14.9. The summed E-state index contributed by atoms with van der Waals surface area (Å²) >= 11 is 0. The lowest BCUT2D eigenvalue weighted by Crippen LogP contribution is -2.52. The van der Waals surface area contributed by atoms with Gasteiger partial charge in [0.25, 0.3) is 0 Å². The number of nitrogens with zero attached hydrogens (tertiary/aromatic N) is 3. The molecule has 0 radical (unpaired) electrons. The normalized spacial score (nSPS) is 16.8. The van der Waals surface area contributed by atoms with E-state index in [-0.39, 0.29) is 16.8 Å². The van der Waals surface area contributed by atoms with Crippen LogP contribution in [0.2, 0.25) is 0 Å². The zero-order valence-electron chi connectivity index (χ0n) is 20.3. The fraction of sp³-hybridized carbons (Fsp3) is 0.480. The molecule has 7 nitrogen and oxygen atoms in total. The smallest absolute Gasteiger partial charge is 0.242 e. The number of hydrogen-bond acceptors (Lipinski definition) is 5. The van der Waals surface area contributed by atoms with Gasteiger partial charge in [0.2, 0.25) is 15.9 Å². The highest BCUT2D eigenvalue weighted by atomic mass is 32.2. The molecule has 8 heteroatoms. The Bertz CT molecular complexity index is 1040. The van der Waals surface area contributed by atoms with Crippen LogP contribution in [0.3, 0.4) is 0 Å². The van der Waals surface area contributed by atoms with E-state index in [1.54, 1.807) is 12.1 Å². The third-order valence-electron chi connectivity index (χ3n) is 6.27.